The van der Waals surface area contributed by atoms with Crippen molar-refractivity contribution in [2.45, 2.75) is 32.5 Å². The Balaban J connectivity index is 2.00. The second-order valence-electron chi connectivity index (χ2n) is 5.34. The van der Waals surface area contributed by atoms with Gasteiger partial charge in [0.2, 0.25) is 0 Å². The largest absolute Gasteiger partial charge is 0.388 e. The molecule has 2 heterocycles. The maximum absolute atomic E-state index is 4.46. The molecule has 4 nitrogen and oxygen atoms in total. The Morgan fingerprint density at radius 1 is 1.33 bits per heavy atom. The zero-order chi connectivity index (χ0) is 13.1. The van der Waals surface area contributed by atoms with Gasteiger partial charge in [-0.2, -0.15) is 0 Å². The molecule has 1 aromatic heterocycles. The molecule has 0 bridgehead atoms. The van der Waals surface area contributed by atoms with Gasteiger partial charge in [-0.25, -0.2) is 0 Å². The van der Waals surface area contributed by atoms with E-state index in [1.165, 1.54) is 0 Å². The minimum atomic E-state index is 0.612. The summed E-state index contributed by atoms with van der Waals surface area (Å²) in [6, 6.07) is 5.36. The van der Waals surface area contributed by atoms with E-state index in [9.17, 15) is 0 Å². The summed E-state index contributed by atoms with van der Waals surface area (Å²) in [5.74, 6) is 0. The number of piperazine rings is 1. The lowest BCUT2D eigenvalue weighted by molar-refractivity contribution is 0.0549. The van der Waals surface area contributed by atoms with Crippen molar-refractivity contribution in [2.24, 2.45) is 0 Å². The molecule has 2 atom stereocenters. The van der Waals surface area contributed by atoms with Crippen LogP contribution >= 0.6 is 0 Å². The second-order valence-corrected chi connectivity index (χ2v) is 5.34. The van der Waals surface area contributed by atoms with E-state index in [1.807, 2.05) is 19.3 Å². The van der Waals surface area contributed by atoms with Crippen LogP contribution in [-0.2, 0) is 6.54 Å². The molecule has 1 fully saturated rings. The number of rotatable bonds is 3. The Morgan fingerprint density at radius 2 is 2.00 bits per heavy atom. The molecule has 0 radical (unpaired) electrons. The van der Waals surface area contributed by atoms with Crippen molar-refractivity contribution in [3.8, 4) is 0 Å². The highest BCUT2D eigenvalue weighted by Crippen LogP contribution is 2.16. The Labute approximate surface area is 110 Å². The first-order chi connectivity index (χ1) is 8.60. The highest BCUT2D eigenvalue weighted by Gasteiger charge is 2.26. The van der Waals surface area contributed by atoms with Crippen LogP contribution in [0.5, 0.6) is 0 Å². The molecule has 1 aliphatic heterocycles. The summed E-state index contributed by atoms with van der Waals surface area (Å²) in [5, 5.41) is 3.16. The summed E-state index contributed by atoms with van der Waals surface area (Å²) in [7, 11) is 4.16. The van der Waals surface area contributed by atoms with E-state index in [-0.39, 0.29) is 0 Å². The molecule has 2 rings (SSSR count). The SMILES string of the molecule is CNc1ccnc(CN2CC(C)N(C)C(C)C2)c1. The van der Waals surface area contributed by atoms with E-state index in [4.69, 9.17) is 0 Å². The van der Waals surface area contributed by atoms with E-state index in [2.05, 4.69) is 47.1 Å². The van der Waals surface area contributed by atoms with Gasteiger partial charge in [0.15, 0.2) is 0 Å². The summed E-state index contributed by atoms with van der Waals surface area (Å²) in [5.41, 5.74) is 2.28. The fraction of sp³-hybridized carbons (Fsp3) is 0.643. The normalized spacial score (nSPS) is 26.2. The maximum atomic E-state index is 4.46. The van der Waals surface area contributed by atoms with Crippen molar-refractivity contribution in [3.05, 3.63) is 24.0 Å². The lowest BCUT2D eigenvalue weighted by Gasteiger charge is -2.42. The standard InChI is InChI=1S/C14H24N4/c1-11-8-18(9-12(2)17(11)4)10-14-7-13(15-3)5-6-16-14/h5-7,11-12H,8-10H2,1-4H3,(H,15,16). The zero-order valence-corrected chi connectivity index (χ0v) is 11.8. The van der Waals surface area contributed by atoms with Crippen LogP contribution in [0.15, 0.2) is 18.3 Å². The molecule has 0 saturated carbocycles. The van der Waals surface area contributed by atoms with Gasteiger partial charge in [0.1, 0.15) is 0 Å². The first kappa shape index (κ1) is 13.3. The number of anilines is 1. The molecule has 0 aromatic carbocycles. The van der Waals surface area contributed by atoms with Crippen molar-refractivity contribution >= 4 is 5.69 Å². The fourth-order valence-electron chi connectivity index (χ4n) is 2.59. The van der Waals surface area contributed by atoms with E-state index < -0.39 is 0 Å². The molecular formula is C14H24N4. The molecule has 0 amide bonds. The van der Waals surface area contributed by atoms with Gasteiger partial charge in [0.05, 0.1) is 5.69 Å². The van der Waals surface area contributed by atoms with Crippen molar-refractivity contribution in [3.63, 3.8) is 0 Å². The lowest BCUT2D eigenvalue weighted by atomic mass is 10.1. The lowest BCUT2D eigenvalue weighted by Crippen LogP contribution is -2.54. The van der Waals surface area contributed by atoms with Crippen LogP contribution in [0.4, 0.5) is 5.69 Å². The Bertz CT molecular complexity index is 381. The third-order valence-electron chi connectivity index (χ3n) is 3.93. The maximum Gasteiger partial charge on any atom is 0.0564 e. The molecular weight excluding hydrogens is 224 g/mol. The van der Waals surface area contributed by atoms with E-state index in [0.29, 0.717) is 12.1 Å². The van der Waals surface area contributed by atoms with Crippen molar-refractivity contribution < 1.29 is 0 Å². The number of pyridine rings is 1. The summed E-state index contributed by atoms with van der Waals surface area (Å²) < 4.78 is 0. The number of aromatic nitrogens is 1. The molecule has 1 N–H and O–H groups in total. The highest BCUT2D eigenvalue weighted by atomic mass is 15.3. The minimum Gasteiger partial charge on any atom is -0.388 e. The summed E-state index contributed by atoms with van der Waals surface area (Å²) in [6.07, 6.45) is 1.88. The predicted molar refractivity (Wildman–Crippen MR) is 75.7 cm³/mol. The third kappa shape index (κ3) is 3.00. The zero-order valence-electron chi connectivity index (χ0n) is 11.8. The third-order valence-corrected chi connectivity index (χ3v) is 3.93. The van der Waals surface area contributed by atoms with Gasteiger partial charge >= 0.3 is 0 Å². The molecule has 0 spiro atoms. The average Bonchev–Trinajstić information content (AvgIpc) is 2.36. The van der Waals surface area contributed by atoms with Gasteiger partial charge in [0, 0.05) is 50.6 Å². The highest BCUT2D eigenvalue weighted by molar-refractivity contribution is 5.42. The van der Waals surface area contributed by atoms with Gasteiger partial charge in [0.25, 0.3) is 0 Å². The van der Waals surface area contributed by atoms with Crippen LogP contribution in [0.2, 0.25) is 0 Å². The van der Waals surface area contributed by atoms with Crippen molar-refractivity contribution in [1.82, 2.24) is 14.8 Å². The second kappa shape index (κ2) is 5.67. The van der Waals surface area contributed by atoms with Gasteiger partial charge in [-0.3, -0.25) is 14.8 Å². The van der Waals surface area contributed by atoms with Gasteiger partial charge in [-0.1, -0.05) is 0 Å². The van der Waals surface area contributed by atoms with Crippen molar-refractivity contribution in [1.29, 1.82) is 0 Å². The average molecular weight is 248 g/mol. The van der Waals surface area contributed by atoms with Gasteiger partial charge in [-0.15, -0.1) is 0 Å². The monoisotopic (exact) mass is 248 g/mol. The Kier molecular flexibility index (Phi) is 4.19. The van der Waals surface area contributed by atoms with E-state index in [0.717, 1.165) is 31.0 Å². The minimum absolute atomic E-state index is 0.612. The first-order valence-electron chi connectivity index (χ1n) is 6.67. The van der Waals surface area contributed by atoms with Crippen LogP contribution < -0.4 is 5.32 Å². The van der Waals surface area contributed by atoms with Gasteiger partial charge < -0.3 is 5.32 Å². The number of likely N-dealkylation sites (N-methyl/N-ethyl adjacent to an activating group) is 1. The summed E-state index contributed by atoms with van der Waals surface area (Å²) >= 11 is 0. The molecule has 18 heavy (non-hydrogen) atoms. The molecule has 2 unspecified atom stereocenters. The Morgan fingerprint density at radius 3 is 2.61 bits per heavy atom. The molecule has 1 aromatic rings. The van der Waals surface area contributed by atoms with Crippen LogP contribution in [-0.4, -0.2) is 54.1 Å². The molecule has 0 aliphatic carbocycles. The molecule has 4 heteroatoms. The quantitative estimate of drug-likeness (QED) is 0.881. The number of nitrogens with one attached hydrogen (secondary N) is 1. The fourth-order valence-corrected chi connectivity index (χ4v) is 2.59. The van der Waals surface area contributed by atoms with Crippen molar-refractivity contribution in [2.75, 3.05) is 32.5 Å². The molecule has 1 saturated heterocycles. The predicted octanol–water partition coefficient (Wildman–Crippen LogP) is 1.65. The van der Waals surface area contributed by atoms with Crippen LogP contribution in [0.25, 0.3) is 0 Å². The first-order valence-corrected chi connectivity index (χ1v) is 6.67. The van der Waals surface area contributed by atoms with E-state index >= 15 is 0 Å². The molecule has 100 valence electrons. The topological polar surface area (TPSA) is 31.4 Å². The van der Waals surface area contributed by atoms with Crippen LogP contribution in [0.3, 0.4) is 0 Å². The summed E-state index contributed by atoms with van der Waals surface area (Å²) in [4.78, 5) is 9.40. The van der Waals surface area contributed by atoms with E-state index in [1.54, 1.807) is 0 Å². The number of hydrogen-bond donors (Lipinski definition) is 1. The number of nitrogens with zero attached hydrogens (tertiary/aromatic N) is 3. The summed E-state index contributed by atoms with van der Waals surface area (Å²) in [6.45, 7) is 7.76. The van der Waals surface area contributed by atoms with Crippen LogP contribution in [0, 0.1) is 0 Å². The van der Waals surface area contributed by atoms with Crippen LogP contribution in [0.1, 0.15) is 19.5 Å². The Hall–Kier alpha value is -1.13. The number of hydrogen-bond acceptors (Lipinski definition) is 4. The molecule has 1 aliphatic rings. The van der Waals surface area contributed by atoms with Gasteiger partial charge in [-0.05, 0) is 33.0 Å². The smallest absolute Gasteiger partial charge is 0.0564 e.